The maximum absolute atomic E-state index is 15.1. The van der Waals surface area contributed by atoms with E-state index in [1.165, 1.54) is 27.7 Å². The first-order chi connectivity index (χ1) is 50.6. The van der Waals surface area contributed by atoms with E-state index in [0.29, 0.717) is 19.3 Å². The monoisotopic (exact) mass is 1540 g/mol. The summed E-state index contributed by atoms with van der Waals surface area (Å²) in [7, 11) is 1.11. The number of primary amides is 4. The van der Waals surface area contributed by atoms with Crippen LogP contribution in [-0.4, -0.2) is 266 Å². The van der Waals surface area contributed by atoms with Crippen molar-refractivity contribution in [2.45, 2.75) is 274 Å². The zero-order chi connectivity index (χ0) is 82.0. The summed E-state index contributed by atoms with van der Waals surface area (Å²) < 4.78 is 11.5. The number of nitrogens with one attached hydrogen (secondary N) is 9. The van der Waals surface area contributed by atoms with Gasteiger partial charge >= 0.3 is 17.9 Å². The number of hydrogen-bond acceptors (Lipinski definition) is 24. The molecule has 0 aliphatic carbocycles. The Bertz CT molecular complexity index is 3110. The summed E-state index contributed by atoms with van der Waals surface area (Å²) in [4.78, 5) is 236. The molecule has 612 valence electrons. The van der Waals surface area contributed by atoms with Crippen molar-refractivity contribution in [2.75, 3.05) is 33.3 Å². The second-order valence-electron chi connectivity index (χ2n) is 27.8. The predicted octanol–water partition coefficient (Wildman–Crippen LogP) is -6.26. The van der Waals surface area contributed by atoms with E-state index in [0.717, 1.165) is 43.0 Å². The molecule has 2 rings (SSSR count). The van der Waals surface area contributed by atoms with Gasteiger partial charge in [-0.05, 0) is 103 Å². The lowest BCUT2D eigenvalue weighted by atomic mass is 9.87. The fourth-order valence-electron chi connectivity index (χ4n) is 12.2. The summed E-state index contributed by atoms with van der Waals surface area (Å²) in [6.07, 6.45) is -11.3. The van der Waals surface area contributed by atoms with Gasteiger partial charge in [-0.2, -0.15) is 0 Å². The number of carboxylic acids is 2. The third-order valence-corrected chi connectivity index (χ3v) is 18.7. The van der Waals surface area contributed by atoms with Crippen LogP contribution in [0.2, 0.25) is 0 Å². The lowest BCUT2D eigenvalue weighted by molar-refractivity contribution is -0.163. The van der Waals surface area contributed by atoms with E-state index in [4.69, 9.17) is 38.1 Å². The van der Waals surface area contributed by atoms with Crippen LogP contribution in [0.5, 0.6) is 0 Å². The number of unbranched alkanes of at least 4 members (excludes halogenated alkanes) is 5. The SMILES string of the molecule is CCCCCCCC(=O)NC(CC(=O)O)C(=O)NC(CCC(N)=O)C(O)C(O)C(=O)NC(C(=O)NC1CNC(C(C)O)C(=O)NC(CCCCN)C(=O)NC(CC(C)C)C(=O)N(C)C(CCC(N)=O)C(=O)NC(C(OCC)C(N)=O)C(=O)NC(CC(=O)O)C(=O)N2CCCCC2C(=O)OC1C)C(C)C(C)C(N)=O. The lowest BCUT2D eigenvalue weighted by Crippen LogP contribution is -2.64. The number of carbonyl (C=O) groups excluding carboxylic acids is 15. The summed E-state index contributed by atoms with van der Waals surface area (Å²) in [6, 6.07) is -20.1. The molecule has 0 radical (unpaired) electrons. The number of piperidine rings is 1. The fraction of sp³-hybridized carbons (Fsp3) is 0.750. The first kappa shape index (κ1) is 94.8. The van der Waals surface area contributed by atoms with Gasteiger partial charge in [-0.3, -0.25) is 76.7 Å². The summed E-state index contributed by atoms with van der Waals surface area (Å²) in [5, 5.41) is 76.5. The number of nitrogens with two attached hydrogens (primary N) is 5. The quantitative estimate of drug-likeness (QED) is 0.0201. The standard InChI is InChI=1S/C68H116N16O24/c1-10-12-13-14-15-22-48(88)75-40(30-49(89)90)60(98)76-38(23-25-46(70)86)54(93)55(94)65(103)81-51(34(5)35(6)57(72)95)62(100)80-43-32-74-52(36(7)85)63(101)77-39(20-16-18-27-69)59(97)78-41(29-33(3)4)66(104)83(9)44(24-26-47(71)87)61(99)82-53(56(58(73)96)107-11-2)64(102)79-42(31-50(91)92)67(105)84-28-19-17-21-45(84)68(106)108-37(43)8/h33-45,51-56,74,85,93-94H,10-32,69H2,1-9H3,(H2,70,86)(H2,71,87)(H2,72,95)(H2,73,96)(H,75,88)(H,76,98)(H,77,101)(H,78,97)(H,79,102)(H,80,100)(H,81,103)(H,82,99)(H,89,90)(H,91,92). The van der Waals surface area contributed by atoms with E-state index in [9.17, 15) is 102 Å². The number of amides is 14. The van der Waals surface area contributed by atoms with Gasteiger partial charge in [0.1, 0.15) is 66.6 Å². The molecule has 40 nitrogen and oxygen atoms in total. The molecular formula is C68H116N16O24. The molecule has 2 aliphatic rings. The Morgan fingerprint density at radius 2 is 1.28 bits per heavy atom. The van der Waals surface area contributed by atoms with Crippen molar-refractivity contribution >= 4 is 101 Å². The van der Waals surface area contributed by atoms with Crippen molar-refractivity contribution in [3.8, 4) is 0 Å². The third kappa shape index (κ3) is 31.5. The number of aliphatic hydroxyl groups is 3. The Labute approximate surface area is 626 Å². The molecule has 18 atom stereocenters. The number of likely N-dealkylation sites (N-methyl/N-ethyl adjacent to an activating group) is 1. The first-order valence-electron chi connectivity index (χ1n) is 36.5. The molecule has 40 heteroatoms. The van der Waals surface area contributed by atoms with Crippen LogP contribution in [0, 0.1) is 17.8 Å². The smallest absolute Gasteiger partial charge is 0.329 e. The van der Waals surface area contributed by atoms with Crippen molar-refractivity contribution in [1.82, 2.24) is 57.7 Å². The largest absolute Gasteiger partial charge is 0.481 e. The van der Waals surface area contributed by atoms with Gasteiger partial charge in [-0.25, -0.2) is 4.79 Å². The number of cyclic esters (lactones) is 1. The van der Waals surface area contributed by atoms with Crippen LogP contribution in [0.25, 0.3) is 0 Å². The van der Waals surface area contributed by atoms with Crippen LogP contribution >= 0.6 is 0 Å². The predicted molar refractivity (Wildman–Crippen MR) is 382 cm³/mol. The molecule has 0 aromatic rings. The van der Waals surface area contributed by atoms with Gasteiger partial charge < -0.3 is 121 Å². The average molecular weight is 1540 g/mol. The molecule has 0 aromatic carbocycles. The number of hydrogen-bond donors (Lipinski definition) is 19. The molecule has 2 fully saturated rings. The Kier molecular flexibility index (Phi) is 41.7. The summed E-state index contributed by atoms with van der Waals surface area (Å²) >= 11 is 0. The van der Waals surface area contributed by atoms with Crippen LogP contribution in [-0.2, 0) is 91.0 Å². The zero-order valence-corrected chi connectivity index (χ0v) is 63.0. The number of carboxylic acid groups (broad SMARTS) is 2. The number of ether oxygens (including phenoxy) is 2. The Morgan fingerprint density at radius 3 is 1.84 bits per heavy atom. The Hall–Kier alpha value is -9.25. The average Bonchev–Trinajstić information content (AvgIpc) is 0.844. The maximum Gasteiger partial charge on any atom is 0.329 e. The minimum atomic E-state index is -2.68. The molecule has 14 amide bonds. The molecule has 0 saturated carbocycles. The molecule has 0 bridgehead atoms. The van der Waals surface area contributed by atoms with Gasteiger partial charge in [-0.1, -0.05) is 60.3 Å². The number of aliphatic hydroxyl groups excluding tert-OH is 3. The van der Waals surface area contributed by atoms with Crippen LogP contribution in [0.4, 0.5) is 0 Å². The molecule has 18 unspecified atom stereocenters. The second-order valence-corrected chi connectivity index (χ2v) is 27.8. The van der Waals surface area contributed by atoms with Gasteiger partial charge in [0, 0.05) is 51.9 Å². The van der Waals surface area contributed by atoms with Crippen molar-refractivity contribution in [3.05, 3.63) is 0 Å². The molecule has 0 spiro atoms. The fourth-order valence-corrected chi connectivity index (χ4v) is 12.2. The van der Waals surface area contributed by atoms with Crippen molar-refractivity contribution in [2.24, 2.45) is 46.4 Å². The highest BCUT2D eigenvalue weighted by atomic mass is 16.5. The lowest BCUT2D eigenvalue weighted by Gasteiger charge is -2.38. The molecule has 0 aromatic heterocycles. The van der Waals surface area contributed by atoms with Crippen molar-refractivity contribution < 1.29 is 117 Å². The minimum Gasteiger partial charge on any atom is -0.481 e. The highest BCUT2D eigenvalue weighted by molar-refractivity contribution is 6.01. The molecule has 2 heterocycles. The summed E-state index contributed by atoms with van der Waals surface area (Å²) in [6.45, 7) is 10.3. The zero-order valence-electron chi connectivity index (χ0n) is 63.0. The highest BCUT2D eigenvalue weighted by Gasteiger charge is 2.46. The first-order valence-corrected chi connectivity index (χ1v) is 36.5. The van der Waals surface area contributed by atoms with Gasteiger partial charge in [0.25, 0.3) is 5.91 Å². The summed E-state index contributed by atoms with van der Waals surface area (Å²) in [5.41, 5.74) is 28.2. The van der Waals surface area contributed by atoms with E-state index in [-0.39, 0.29) is 64.6 Å². The van der Waals surface area contributed by atoms with E-state index >= 15 is 4.79 Å². The number of nitrogens with zero attached hydrogens (tertiary/aromatic N) is 2. The Balaban J connectivity index is 3.04. The number of fused-ring (bicyclic) bond motifs is 1. The van der Waals surface area contributed by atoms with E-state index in [1.807, 2.05) is 6.92 Å². The normalized spacial score (nSPS) is 23.7. The topological polar surface area (TPSA) is 655 Å². The third-order valence-electron chi connectivity index (χ3n) is 18.7. The molecule has 108 heavy (non-hydrogen) atoms. The van der Waals surface area contributed by atoms with Crippen LogP contribution < -0.4 is 76.5 Å². The van der Waals surface area contributed by atoms with Crippen LogP contribution in [0.1, 0.15) is 177 Å². The molecule has 2 aliphatic heterocycles. The highest BCUT2D eigenvalue weighted by Crippen LogP contribution is 2.24. The van der Waals surface area contributed by atoms with Gasteiger partial charge in [0.15, 0.2) is 12.2 Å². The maximum atomic E-state index is 15.1. The van der Waals surface area contributed by atoms with E-state index in [2.05, 4.69) is 47.9 Å². The number of carbonyl (C=O) groups is 17. The minimum absolute atomic E-state index is 0.0942. The number of aliphatic carboxylic acids is 2. The van der Waals surface area contributed by atoms with E-state index in [1.54, 1.807) is 13.8 Å². The van der Waals surface area contributed by atoms with Crippen molar-refractivity contribution in [1.29, 1.82) is 0 Å². The molecule has 2 saturated heterocycles. The van der Waals surface area contributed by atoms with Crippen molar-refractivity contribution in [3.63, 3.8) is 0 Å². The second kappa shape index (κ2) is 47.5. The summed E-state index contributed by atoms with van der Waals surface area (Å²) in [5.74, 6) is -23.9. The van der Waals surface area contributed by atoms with E-state index < -0.39 is 260 Å². The van der Waals surface area contributed by atoms with Gasteiger partial charge in [-0.15, -0.1) is 0 Å². The number of esters is 1. The van der Waals surface area contributed by atoms with Gasteiger partial charge in [0.2, 0.25) is 76.8 Å². The molecule has 24 N–H and O–H groups in total. The van der Waals surface area contributed by atoms with Gasteiger partial charge in [0.05, 0.1) is 31.0 Å². The van der Waals surface area contributed by atoms with Crippen LogP contribution in [0.3, 0.4) is 0 Å². The molecular weight excluding hydrogens is 1420 g/mol. The van der Waals surface area contributed by atoms with Crippen LogP contribution in [0.15, 0.2) is 0 Å². The Morgan fingerprint density at radius 1 is 0.657 bits per heavy atom. The number of rotatable bonds is 39.